The summed E-state index contributed by atoms with van der Waals surface area (Å²) in [7, 11) is 0. The largest absolute Gasteiger partial charge is 0.478 e. The zero-order valence-corrected chi connectivity index (χ0v) is 18.9. The summed E-state index contributed by atoms with van der Waals surface area (Å²) in [6.07, 6.45) is 0.986. The standard InChI is InChI=1S/C25H23BrN2O3/c1-3-6-20-23(26)28-21(14-9-15(2)24(28)27-20)22(29)17-12-10-16(11-13-17)18-7-4-5-8-19(18)25(30)31/h4-5,7-14,22,29H,3,6H2,1-2H3,(H,30,31)/t22-/m1/s1. The van der Waals surface area contributed by atoms with Gasteiger partial charge in [-0.1, -0.05) is 61.9 Å². The summed E-state index contributed by atoms with van der Waals surface area (Å²) >= 11 is 3.68. The van der Waals surface area contributed by atoms with Crippen LogP contribution in [-0.4, -0.2) is 25.6 Å². The number of pyridine rings is 1. The highest BCUT2D eigenvalue weighted by Gasteiger charge is 2.20. The Hall–Kier alpha value is -2.96. The minimum absolute atomic E-state index is 0.252. The molecule has 1 atom stereocenters. The van der Waals surface area contributed by atoms with Crippen molar-refractivity contribution in [3.8, 4) is 11.1 Å². The van der Waals surface area contributed by atoms with Crippen LogP contribution in [0.25, 0.3) is 16.8 Å². The normalized spacial score (nSPS) is 12.3. The monoisotopic (exact) mass is 478 g/mol. The molecule has 31 heavy (non-hydrogen) atoms. The predicted molar refractivity (Wildman–Crippen MR) is 125 cm³/mol. The van der Waals surface area contributed by atoms with Crippen molar-refractivity contribution < 1.29 is 15.0 Å². The molecular formula is C25H23BrN2O3. The lowest BCUT2D eigenvalue weighted by atomic mass is 9.97. The molecule has 0 radical (unpaired) electrons. The fourth-order valence-corrected chi connectivity index (χ4v) is 4.51. The number of carboxylic acid groups (broad SMARTS) is 1. The summed E-state index contributed by atoms with van der Waals surface area (Å²) in [4.78, 5) is 16.3. The molecule has 0 saturated heterocycles. The van der Waals surface area contributed by atoms with Gasteiger partial charge in [0.25, 0.3) is 0 Å². The van der Waals surface area contributed by atoms with E-state index in [2.05, 4.69) is 22.9 Å². The Morgan fingerprint density at radius 2 is 1.81 bits per heavy atom. The van der Waals surface area contributed by atoms with Gasteiger partial charge in [-0.3, -0.25) is 4.40 Å². The van der Waals surface area contributed by atoms with Crippen LogP contribution in [0.4, 0.5) is 0 Å². The highest BCUT2D eigenvalue weighted by molar-refractivity contribution is 9.10. The van der Waals surface area contributed by atoms with Gasteiger partial charge in [0, 0.05) is 0 Å². The van der Waals surface area contributed by atoms with Crippen molar-refractivity contribution in [2.24, 2.45) is 0 Å². The van der Waals surface area contributed by atoms with Gasteiger partial charge in [-0.15, -0.1) is 0 Å². The third-order valence-electron chi connectivity index (χ3n) is 5.46. The number of rotatable bonds is 6. The maximum atomic E-state index is 11.5. The number of carboxylic acids is 1. The number of aryl methyl sites for hydroxylation is 2. The predicted octanol–water partition coefficient (Wildman–Crippen LogP) is 5.80. The summed E-state index contributed by atoms with van der Waals surface area (Å²) < 4.78 is 2.84. The second-order valence-electron chi connectivity index (χ2n) is 7.57. The van der Waals surface area contributed by atoms with Crippen molar-refractivity contribution in [2.75, 3.05) is 0 Å². The molecule has 0 spiro atoms. The lowest BCUT2D eigenvalue weighted by molar-refractivity contribution is 0.0697. The van der Waals surface area contributed by atoms with Gasteiger partial charge in [0.1, 0.15) is 16.4 Å². The first-order chi connectivity index (χ1) is 14.9. The molecule has 0 fully saturated rings. The van der Waals surface area contributed by atoms with Gasteiger partial charge >= 0.3 is 5.97 Å². The molecule has 0 amide bonds. The highest BCUT2D eigenvalue weighted by atomic mass is 79.9. The van der Waals surface area contributed by atoms with Crippen molar-refractivity contribution in [3.63, 3.8) is 0 Å². The number of aliphatic hydroxyl groups is 1. The van der Waals surface area contributed by atoms with Crippen molar-refractivity contribution in [1.82, 2.24) is 9.38 Å². The molecular weight excluding hydrogens is 456 g/mol. The van der Waals surface area contributed by atoms with E-state index < -0.39 is 12.1 Å². The quantitative estimate of drug-likeness (QED) is 0.366. The molecule has 0 aliphatic carbocycles. The topological polar surface area (TPSA) is 74.8 Å². The smallest absolute Gasteiger partial charge is 0.336 e. The number of halogens is 1. The fraction of sp³-hybridized carbons (Fsp3) is 0.200. The first kappa shape index (κ1) is 21.3. The molecule has 2 N–H and O–H groups in total. The van der Waals surface area contributed by atoms with Crippen LogP contribution in [0.5, 0.6) is 0 Å². The Kier molecular flexibility index (Phi) is 5.94. The second-order valence-corrected chi connectivity index (χ2v) is 8.33. The third kappa shape index (κ3) is 3.89. The minimum Gasteiger partial charge on any atom is -0.478 e. The SMILES string of the molecule is CCCc1nc2c(C)ccc([C@H](O)c3ccc(-c4ccccc4C(=O)O)cc3)n2c1Br. The maximum Gasteiger partial charge on any atom is 0.336 e. The average Bonchev–Trinajstić information content (AvgIpc) is 3.11. The number of fused-ring (bicyclic) bond motifs is 1. The summed E-state index contributed by atoms with van der Waals surface area (Å²) in [5.41, 5.74) is 5.99. The number of aliphatic hydroxyl groups excluding tert-OH is 1. The molecule has 0 aliphatic heterocycles. The lowest BCUT2D eigenvalue weighted by Gasteiger charge is -2.16. The number of imidazole rings is 1. The summed E-state index contributed by atoms with van der Waals surface area (Å²) in [6.45, 7) is 4.12. The van der Waals surface area contributed by atoms with Crippen LogP contribution < -0.4 is 0 Å². The van der Waals surface area contributed by atoms with Crippen LogP contribution in [0.2, 0.25) is 0 Å². The van der Waals surface area contributed by atoms with Crippen LogP contribution in [0.3, 0.4) is 0 Å². The number of hydrogen-bond donors (Lipinski definition) is 2. The van der Waals surface area contributed by atoms with E-state index in [1.54, 1.807) is 18.2 Å². The molecule has 4 rings (SSSR count). The van der Waals surface area contributed by atoms with Gasteiger partial charge < -0.3 is 10.2 Å². The zero-order valence-electron chi connectivity index (χ0n) is 17.3. The average molecular weight is 479 g/mol. The van der Waals surface area contributed by atoms with Crippen molar-refractivity contribution in [3.05, 3.63) is 93.3 Å². The van der Waals surface area contributed by atoms with Crippen LogP contribution in [0.1, 0.15) is 52.3 Å². The van der Waals surface area contributed by atoms with E-state index in [4.69, 9.17) is 4.98 Å². The molecule has 2 aromatic heterocycles. The van der Waals surface area contributed by atoms with Crippen molar-refractivity contribution in [1.29, 1.82) is 0 Å². The Morgan fingerprint density at radius 3 is 2.48 bits per heavy atom. The van der Waals surface area contributed by atoms with Gasteiger partial charge in [0.15, 0.2) is 0 Å². The first-order valence-corrected chi connectivity index (χ1v) is 11.0. The van der Waals surface area contributed by atoms with Crippen LogP contribution in [0, 0.1) is 6.92 Å². The van der Waals surface area contributed by atoms with Gasteiger partial charge in [-0.05, 0) is 63.7 Å². The number of carbonyl (C=O) groups is 1. The van der Waals surface area contributed by atoms with Crippen LogP contribution in [0.15, 0.2) is 65.3 Å². The van der Waals surface area contributed by atoms with E-state index in [-0.39, 0.29) is 5.56 Å². The summed E-state index contributed by atoms with van der Waals surface area (Å²) in [5, 5.41) is 20.6. The van der Waals surface area contributed by atoms with E-state index >= 15 is 0 Å². The van der Waals surface area contributed by atoms with E-state index in [0.29, 0.717) is 5.56 Å². The molecule has 158 valence electrons. The second kappa shape index (κ2) is 8.65. The van der Waals surface area contributed by atoms with E-state index in [1.807, 2.05) is 53.8 Å². The molecule has 2 aromatic carbocycles. The Labute approximate surface area is 189 Å². The van der Waals surface area contributed by atoms with Gasteiger partial charge in [0.2, 0.25) is 0 Å². The number of hydrogen-bond acceptors (Lipinski definition) is 3. The zero-order chi connectivity index (χ0) is 22.1. The molecule has 0 aliphatic rings. The van der Waals surface area contributed by atoms with E-state index in [0.717, 1.165) is 51.2 Å². The Morgan fingerprint density at radius 1 is 1.10 bits per heavy atom. The van der Waals surface area contributed by atoms with Crippen molar-refractivity contribution in [2.45, 2.75) is 32.8 Å². The molecule has 4 aromatic rings. The summed E-state index contributed by atoms with van der Waals surface area (Å²) in [6, 6.07) is 18.2. The molecule has 0 bridgehead atoms. The molecule has 0 unspecified atom stereocenters. The Bertz CT molecular complexity index is 1260. The molecule has 6 heteroatoms. The number of nitrogens with zero attached hydrogens (tertiary/aromatic N) is 2. The number of aromatic nitrogens is 2. The fourth-order valence-electron chi connectivity index (χ4n) is 3.85. The molecule has 5 nitrogen and oxygen atoms in total. The molecule has 2 heterocycles. The molecule has 0 saturated carbocycles. The van der Waals surface area contributed by atoms with E-state index in [9.17, 15) is 15.0 Å². The van der Waals surface area contributed by atoms with Gasteiger partial charge in [-0.2, -0.15) is 0 Å². The van der Waals surface area contributed by atoms with Gasteiger partial charge in [-0.25, -0.2) is 9.78 Å². The third-order valence-corrected chi connectivity index (χ3v) is 6.28. The lowest BCUT2D eigenvalue weighted by Crippen LogP contribution is -2.07. The maximum absolute atomic E-state index is 11.5. The summed E-state index contributed by atoms with van der Waals surface area (Å²) in [5.74, 6) is -0.963. The van der Waals surface area contributed by atoms with Crippen LogP contribution in [-0.2, 0) is 6.42 Å². The van der Waals surface area contributed by atoms with Gasteiger partial charge in [0.05, 0.1) is 17.0 Å². The van der Waals surface area contributed by atoms with E-state index in [1.165, 1.54) is 0 Å². The minimum atomic E-state index is -0.963. The Balaban J connectivity index is 1.74. The van der Waals surface area contributed by atoms with Crippen LogP contribution >= 0.6 is 15.9 Å². The first-order valence-electron chi connectivity index (χ1n) is 10.2. The van der Waals surface area contributed by atoms with Crippen molar-refractivity contribution >= 4 is 27.5 Å². The number of benzene rings is 2. The number of aromatic carboxylic acids is 1. The highest BCUT2D eigenvalue weighted by Crippen LogP contribution is 2.31.